The molecule has 28 heavy (non-hydrogen) atoms. The van der Waals surface area contributed by atoms with Crippen LogP contribution in [0.3, 0.4) is 0 Å². The SMILES string of the molecule is COc1ccc2ccccc2c1CCC(=O)N1[C@H]2CC[C@H]1CC(S(C)(=O)=O)C2. The third-order valence-corrected chi connectivity index (χ3v) is 7.99. The minimum atomic E-state index is -3.04. The number of hydrogen-bond donors (Lipinski definition) is 0. The van der Waals surface area contributed by atoms with Crippen LogP contribution >= 0.6 is 0 Å². The number of fused-ring (bicyclic) bond motifs is 3. The molecule has 5 nitrogen and oxygen atoms in total. The van der Waals surface area contributed by atoms with Gasteiger partial charge >= 0.3 is 0 Å². The lowest BCUT2D eigenvalue weighted by atomic mass is 9.98. The second-order valence-corrected chi connectivity index (χ2v) is 10.4. The van der Waals surface area contributed by atoms with E-state index in [2.05, 4.69) is 12.1 Å². The van der Waals surface area contributed by atoms with Crippen molar-refractivity contribution in [3.05, 3.63) is 42.0 Å². The molecule has 2 aliphatic heterocycles. The Morgan fingerprint density at radius 3 is 2.43 bits per heavy atom. The van der Waals surface area contributed by atoms with E-state index >= 15 is 0 Å². The van der Waals surface area contributed by atoms with E-state index in [1.807, 2.05) is 29.2 Å². The van der Waals surface area contributed by atoms with Gasteiger partial charge in [0, 0.05) is 30.3 Å². The van der Waals surface area contributed by atoms with Gasteiger partial charge in [0.1, 0.15) is 15.6 Å². The quantitative estimate of drug-likeness (QED) is 0.771. The molecule has 2 aliphatic rings. The van der Waals surface area contributed by atoms with Crippen LogP contribution in [-0.4, -0.2) is 49.9 Å². The van der Waals surface area contributed by atoms with Gasteiger partial charge in [-0.05, 0) is 48.9 Å². The lowest BCUT2D eigenvalue weighted by Crippen LogP contribution is -2.49. The van der Waals surface area contributed by atoms with Crippen molar-refractivity contribution >= 4 is 26.5 Å². The van der Waals surface area contributed by atoms with Gasteiger partial charge in [0.15, 0.2) is 0 Å². The summed E-state index contributed by atoms with van der Waals surface area (Å²) in [5.74, 6) is 0.944. The van der Waals surface area contributed by atoms with Crippen molar-refractivity contribution in [1.29, 1.82) is 0 Å². The van der Waals surface area contributed by atoms with E-state index < -0.39 is 9.84 Å². The molecule has 0 radical (unpaired) electrons. The van der Waals surface area contributed by atoms with Gasteiger partial charge in [-0.3, -0.25) is 4.79 Å². The molecule has 2 aromatic rings. The van der Waals surface area contributed by atoms with Gasteiger partial charge in [-0.25, -0.2) is 8.42 Å². The van der Waals surface area contributed by atoms with Crippen LogP contribution in [0, 0.1) is 0 Å². The van der Waals surface area contributed by atoms with Crippen molar-refractivity contribution < 1.29 is 17.9 Å². The van der Waals surface area contributed by atoms with Crippen molar-refractivity contribution in [2.45, 2.75) is 55.9 Å². The predicted molar refractivity (Wildman–Crippen MR) is 110 cm³/mol. The van der Waals surface area contributed by atoms with E-state index in [1.165, 1.54) is 6.26 Å². The minimum absolute atomic E-state index is 0.0698. The fourth-order valence-electron chi connectivity index (χ4n) is 5.01. The standard InChI is InChI=1S/C22H27NO4S/c1-27-21-11-7-15-5-3-4-6-19(15)20(21)10-12-22(24)23-16-8-9-17(23)14-18(13-16)28(2,25)26/h3-7,11,16-18H,8-10,12-14H2,1-2H3/t16-,17-/m0/s1. The fourth-order valence-corrected chi connectivity index (χ4v) is 6.15. The second kappa shape index (κ2) is 7.39. The summed E-state index contributed by atoms with van der Waals surface area (Å²) in [5.41, 5.74) is 1.06. The number of methoxy groups -OCH3 is 1. The highest BCUT2D eigenvalue weighted by Gasteiger charge is 2.45. The van der Waals surface area contributed by atoms with Crippen molar-refractivity contribution in [2.24, 2.45) is 0 Å². The Morgan fingerprint density at radius 2 is 1.79 bits per heavy atom. The average molecular weight is 402 g/mol. The molecule has 0 aliphatic carbocycles. The number of aryl methyl sites for hydroxylation is 1. The molecule has 2 saturated heterocycles. The first-order valence-electron chi connectivity index (χ1n) is 9.93. The summed E-state index contributed by atoms with van der Waals surface area (Å²) in [5, 5.41) is 1.96. The maximum absolute atomic E-state index is 13.1. The maximum Gasteiger partial charge on any atom is 0.223 e. The van der Waals surface area contributed by atoms with Crippen molar-refractivity contribution in [3.8, 4) is 5.75 Å². The Kier molecular flexibility index (Phi) is 5.08. The maximum atomic E-state index is 13.1. The number of carbonyl (C=O) groups is 1. The Hall–Kier alpha value is -2.08. The molecule has 2 aromatic carbocycles. The largest absolute Gasteiger partial charge is 0.496 e. The first-order valence-corrected chi connectivity index (χ1v) is 11.9. The van der Waals surface area contributed by atoms with Crippen LogP contribution in [0.4, 0.5) is 0 Å². The molecule has 150 valence electrons. The van der Waals surface area contributed by atoms with E-state index in [9.17, 15) is 13.2 Å². The zero-order valence-electron chi connectivity index (χ0n) is 16.4. The van der Waals surface area contributed by atoms with E-state index in [1.54, 1.807) is 7.11 Å². The molecule has 1 amide bonds. The predicted octanol–water partition coefficient (Wildman–Crippen LogP) is 3.35. The summed E-state index contributed by atoms with van der Waals surface area (Å²) >= 11 is 0. The van der Waals surface area contributed by atoms with Crippen molar-refractivity contribution in [3.63, 3.8) is 0 Å². The van der Waals surface area contributed by atoms with Crippen LogP contribution in [0.2, 0.25) is 0 Å². The number of sulfone groups is 1. The monoisotopic (exact) mass is 401 g/mol. The molecule has 2 bridgehead atoms. The van der Waals surface area contributed by atoms with Crippen LogP contribution in [-0.2, 0) is 21.1 Å². The number of benzene rings is 2. The smallest absolute Gasteiger partial charge is 0.223 e. The van der Waals surface area contributed by atoms with Crippen LogP contribution < -0.4 is 4.74 Å². The first kappa shape index (κ1) is 19.2. The van der Waals surface area contributed by atoms with Gasteiger partial charge < -0.3 is 9.64 Å². The number of rotatable bonds is 5. The summed E-state index contributed by atoms with van der Waals surface area (Å²) in [4.78, 5) is 15.0. The lowest BCUT2D eigenvalue weighted by Gasteiger charge is -2.38. The molecule has 0 spiro atoms. The van der Waals surface area contributed by atoms with Gasteiger partial charge in [-0.1, -0.05) is 30.3 Å². The summed E-state index contributed by atoms with van der Waals surface area (Å²) < 4.78 is 29.5. The Bertz CT molecular complexity index is 987. The number of ether oxygens (including phenoxy) is 1. The molecule has 2 fully saturated rings. The Balaban J connectivity index is 1.51. The van der Waals surface area contributed by atoms with E-state index in [0.717, 1.165) is 34.9 Å². The average Bonchev–Trinajstić information content (AvgIpc) is 2.94. The highest BCUT2D eigenvalue weighted by atomic mass is 32.2. The molecular weight excluding hydrogens is 374 g/mol. The van der Waals surface area contributed by atoms with Gasteiger partial charge in [0.2, 0.25) is 5.91 Å². The number of nitrogens with zero attached hydrogens (tertiary/aromatic N) is 1. The zero-order chi connectivity index (χ0) is 19.9. The Labute approximate surface area is 166 Å². The van der Waals surface area contributed by atoms with Gasteiger partial charge in [-0.15, -0.1) is 0 Å². The number of hydrogen-bond acceptors (Lipinski definition) is 4. The fraction of sp³-hybridized carbons (Fsp3) is 0.500. The highest BCUT2D eigenvalue weighted by Crippen LogP contribution is 2.39. The van der Waals surface area contributed by atoms with Gasteiger partial charge in [0.25, 0.3) is 0 Å². The molecule has 2 atom stereocenters. The van der Waals surface area contributed by atoms with E-state index in [-0.39, 0.29) is 23.2 Å². The van der Waals surface area contributed by atoms with E-state index in [4.69, 9.17) is 4.74 Å². The third kappa shape index (κ3) is 3.50. The van der Waals surface area contributed by atoms with Gasteiger partial charge in [0.05, 0.1) is 12.4 Å². The topological polar surface area (TPSA) is 63.7 Å². The molecule has 2 heterocycles. The molecule has 0 N–H and O–H groups in total. The molecule has 0 unspecified atom stereocenters. The van der Waals surface area contributed by atoms with Crippen LogP contribution in [0.15, 0.2) is 36.4 Å². The zero-order valence-corrected chi connectivity index (χ0v) is 17.2. The molecule has 6 heteroatoms. The van der Waals surface area contributed by atoms with Crippen LogP contribution in [0.25, 0.3) is 10.8 Å². The number of piperidine rings is 1. The highest BCUT2D eigenvalue weighted by molar-refractivity contribution is 7.91. The van der Waals surface area contributed by atoms with Crippen molar-refractivity contribution in [2.75, 3.05) is 13.4 Å². The van der Waals surface area contributed by atoms with Crippen molar-refractivity contribution in [1.82, 2.24) is 4.90 Å². The molecule has 0 aromatic heterocycles. The lowest BCUT2D eigenvalue weighted by molar-refractivity contribution is -0.135. The van der Waals surface area contributed by atoms with E-state index in [0.29, 0.717) is 25.7 Å². The van der Waals surface area contributed by atoms with Crippen LogP contribution in [0.1, 0.15) is 37.7 Å². The molecule has 4 rings (SSSR count). The summed E-state index contributed by atoms with van der Waals surface area (Å²) in [6.07, 6.45) is 5.36. The second-order valence-electron chi connectivity index (χ2n) is 8.08. The minimum Gasteiger partial charge on any atom is -0.496 e. The molecular formula is C22H27NO4S. The Morgan fingerprint density at radius 1 is 1.11 bits per heavy atom. The number of carbonyl (C=O) groups excluding carboxylic acids is 1. The summed E-state index contributed by atoms with van der Waals surface area (Å²) in [6.45, 7) is 0. The number of amides is 1. The normalized spacial score (nSPS) is 24.5. The van der Waals surface area contributed by atoms with Gasteiger partial charge in [-0.2, -0.15) is 0 Å². The third-order valence-electron chi connectivity index (χ3n) is 6.39. The first-order chi connectivity index (χ1) is 13.4. The molecule has 0 saturated carbocycles. The van der Waals surface area contributed by atoms with Crippen LogP contribution in [0.5, 0.6) is 5.75 Å². The summed E-state index contributed by atoms with van der Waals surface area (Å²) in [7, 11) is -1.39. The summed E-state index contributed by atoms with van der Waals surface area (Å²) in [6, 6.07) is 12.3.